The molecule has 116 valence electrons. The number of benzene rings is 1. The number of aryl methyl sites for hydroxylation is 1. The van der Waals surface area contributed by atoms with Gasteiger partial charge in [-0.15, -0.1) is 0 Å². The maximum Gasteiger partial charge on any atom is 0.274 e. The molecule has 5 nitrogen and oxygen atoms in total. The largest absolute Gasteiger partial charge is 0.322 e. The zero-order valence-electron chi connectivity index (χ0n) is 13.0. The van der Waals surface area contributed by atoms with Gasteiger partial charge in [0.1, 0.15) is 5.69 Å². The number of rotatable bonds is 3. The van der Waals surface area contributed by atoms with Gasteiger partial charge in [-0.2, -0.15) is 0 Å². The van der Waals surface area contributed by atoms with Crippen molar-refractivity contribution in [2.45, 2.75) is 20.3 Å². The van der Waals surface area contributed by atoms with Crippen LogP contribution in [0, 0.1) is 6.92 Å². The maximum atomic E-state index is 12.1. The first-order valence-electron chi connectivity index (χ1n) is 7.48. The van der Waals surface area contributed by atoms with Crippen molar-refractivity contribution in [2.24, 2.45) is 0 Å². The third-order valence-corrected chi connectivity index (χ3v) is 3.91. The van der Waals surface area contributed by atoms with Crippen molar-refractivity contribution in [3.8, 4) is 0 Å². The van der Waals surface area contributed by atoms with Gasteiger partial charge >= 0.3 is 0 Å². The third-order valence-electron chi connectivity index (χ3n) is 3.91. The Balaban J connectivity index is 1.98. The monoisotopic (exact) mass is 307 g/mol. The smallest absolute Gasteiger partial charge is 0.274 e. The molecule has 3 rings (SSSR count). The number of nitrogens with one attached hydrogen (secondary N) is 2. The van der Waals surface area contributed by atoms with Gasteiger partial charge in [0.15, 0.2) is 0 Å². The number of fused-ring (bicyclic) bond motifs is 1. The Morgan fingerprint density at radius 3 is 2.78 bits per heavy atom. The van der Waals surface area contributed by atoms with E-state index in [1.54, 1.807) is 30.5 Å². The van der Waals surface area contributed by atoms with Gasteiger partial charge in [0.2, 0.25) is 0 Å². The molecule has 2 aromatic heterocycles. The van der Waals surface area contributed by atoms with Gasteiger partial charge in [-0.1, -0.05) is 19.1 Å². The summed E-state index contributed by atoms with van der Waals surface area (Å²) in [7, 11) is 0. The Morgan fingerprint density at radius 1 is 1.26 bits per heavy atom. The van der Waals surface area contributed by atoms with E-state index >= 15 is 0 Å². The Hall–Kier alpha value is -2.95. The van der Waals surface area contributed by atoms with Crippen LogP contribution in [0.3, 0.4) is 0 Å². The van der Waals surface area contributed by atoms with E-state index in [0.29, 0.717) is 23.3 Å². The van der Waals surface area contributed by atoms with Crippen molar-refractivity contribution in [1.82, 2.24) is 9.97 Å². The highest BCUT2D eigenvalue weighted by Crippen LogP contribution is 2.21. The number of aromatic amines is 1. The number of aromatic nitrogens is 2. The number of amides is 1. The van der Waals surface area contributed by atoms with Crippen LogP contribution < -0.4 is 10.9 Å². The normalized spacial score (nSPS) is 10.7. The quantitative estimate of drug-likeness (QED) is 0.781. The molecule has 0 radical (unpaired) electrons. The predicted molar refractivity (Wildman–Crippen MR) is 90.9 cm³/mol. The van der Waals surface area contributed by atoms with E-state index in [4.69, 9.17) is 0 Å². The molecule has 0 saturated carbocycles. The summed E-state index contributed by atoms with van der Waals surface area (Å²) in [6.07, 6.45) is 2.26. The fourth-order valence-corrected chi connectivity index (χ4v) is 2.70. The lowest BCUT2D eigenvalue weighted by molar-refractivity contribution is 0.102. The van der Waals surface area contributed by atoms with Gasteiger partial charge in [-0.25, -0.2) is 0 Å². The molecule has 5 heteroatoms. The standard InChI is InChI=1S/C18H17N3O2/c1-3-13-11(2)14-8-7-12(10-16(14)21-17(13)22)20-18(23)15-6-4-5-9-19-15/h4-10H,3H2,1-2H3,(H,20,23)(H,21,22). The van der Waals surface area contributed by atoms with E-state index in [9.17, 15) is 9.59 Å². The molecule has 0 saturated heterocycles. The number of anilines is 1. The minimum Gasteiger partial charge on any atom is -0.322 e. The number of hydrogen-bond donors (Lipinski definition) is 2. The second-order valence-corrected chi connectivity index (χ2v) is 5.34. The number of nitrogens with zero attached hydrogens (tertiary/aromatic N) is 1. The molecule has 0 aliphatic heterocycles. The lowest BCUT2D eigenvalue weighted by Gasteiger charge is -2.10. The second-order valence-electron chi connectivity index (χ2n) is 5.34. The average Bonchev–Trinajstić information content (AvgIpc) is 2.55. The van der Waals surface area contributed by atoms with E-state index in [1.165, 1.54) is 0 Å². The van der Waals surface area contributed by atoms with Crippen LogP contribution in [0.1, 0.15) is 28.5 Å². The summed E-state index contributed by atoms with van der Waals surface area (Å²) in [6, 6.07) is 10.7. The van der Waals surface area contributed by atoms with Crippen molar-refractivity contribution >= 4 is 22.5 Å². The Labute approximate surface area is 133 Å². The number of hydrogen-bond acceptors (Lipinski definition) is 3. The van der Waals surface area contributed by atoms with E-state index in [0.717, 1.165) is 16.5 Å². The molecule has 2 N–H and O–H groups in total. The first kappa shape index (κ1) is 15.0. The van der Waals surface area contributed by atoms with Gasteiger partial charge in [0.05, 0.1) is 5.52 Å². The molecule has 0 atom stereocenters. The first-order valence-corrected chi connectivity index (χ1v) is 7.48. The zero-order valence-corrected chi connectivity index (χ0v) is 13.0. The van der Waals surface area contributed by atoms with E-state index in [1.807, 2.05) is 26.0 Å². The molecule has 1 amide bonds. The molecule has 1 aromatic carbocycles. The molecule has 0 unspecified atom stereocenters. The van der Waals surface area contributed by atoms with Gasteiger partial charge < -0.3 is 10.3 Å². The van der Waals surface area contributed by atoms with Crippen LogP contribution in [0.2, 0.25) is 0 Å². The van der Waals surface area contributed by atoms with Crippen LogP contribution in [0.4, 0.5) is 5.69 Å². The molecular formula is C18H17N3O2. The topological polar surface area (TPSA) is 74.8 Å². The van der Waals surface area contributed by atoms with Crippen LogP contribution in [-0.2, 0) is 6.42 Å². The van der Waals surface area contributed by atoms with Crippen LogP contribution in [0.15, 0.2) is 47.4 Å². The highest BCUT2D eigenvalue weighted by molar-refractivity contribution is 6.03. The molecule has 0 spiro atoms. The minimum absolute atomic E-state index is 0.0781. The summed E-state index contributed by atoms with van der Waals surface area (Å²) in [5, 5.41) is 3.78. The molecule has 0 aliphatic rings. The Bertz CT molecular complexity index is 930. The number of carbonyl (C=O) groups is 1. The van der Waals surface area contributed by atoms with Crippen LogP contribution in [0.5, 0.6) is 0 Å². The predicted octanol–water partition coefficient (Wildman–Crippen LogP) is 3.05. The molecular weight excluding hydrogens is 290 g/mol. The highest BCUT2D eigenvalue weighted by atomic mass is 16.2. The summed E-state index contributed by atoms with van der Waals surface area (Å²) in [4.78, 5) is 31.1. The second kappa shape index (κ2) is 6.04. The molecule has 0 bridgehead atoms. The highest BCUT2D eigenvalue weighted by Gasteiger charge is 2.10. The summed E-state index contributed by atoms with van der Waals surface area (Å²) >= 11 is 0. The van der Waals surface area contributed by atoms with Crippen LogP contribution >= 0.6 is 0 Å². The number of carbonyl (C=O) groups excluding carboxylic acids is 1. The molecule has 23 heavy (non-hydrogen) atoms. The fourth-order valence-electron chi connectivity index (χ4n) is 2.70. The van der Waals surface area contributed by atoms with Gasteiger partial charge in [-0.3, -0.25) is 14.6 Å². The van der Waals surface area contributed by atoms with Crippen LogP contribution in [0.25, 0.3) is 10.9 Å². The van der Waals surface area contributed by atoms with Crippen molar-refractivity contribution in [3.63, 3.8) is 0 Å². The summed E-state index contributed by atoms with van der Waals surface area (Å²) < 4.78 is 0. The molecule has 0 fully saturated rings. The lowest BCUT2D eigenvalue weighted by atomic mass is 10.0. The Morgan fingerprint density at radius 2 is 2.09 bits per heavy atom. The first-order chi connectivity index (χ1) is 11.1. The summed E-state index contributed by atoms with van der Waals surface area (Å²) in [6.45, 7) is 3.91. The van der Waals surface area contributed by atoms with Gasteiger partial charge in [0, 0.05) is 22.8 Å². The fraction of sp³-hybridized carbons (Fsp3) is 0.167. The van der Waals surface area contributed by atoms with Gasteiger partial charge in [-0.05, 0) is 43.2 Å². The van der Waals surface area contributed by atoms with Crippen molar-refractivity contribution in [3.05, 3.63) is 69.8 Å². The number of H-pyrrole nitrogens is 1. The van der Waals surface area contributed by atoms with E-state index in [2.05, 4.69) is 15.3 Å². The van der Waals surface area contributed by atoms with Crippen molar-refractivity contribution in [2.75, 3.05) is 5.32 Å². The maximum absolute atomic E-state index is 12.1. The average molecular weight is 307 g/mol. The lowest BCUT2D eigenvalue weighted by Crippen LogP contribution is -2.15. The minimum atomic E-state index is -0.283. The van der Waals surface area contributed by atoms with Crippen LogP contribution in [-0.4, -0.2) is 15.9 Å². The van der Waals surface area contributed by atoms with E-state index < -0.39 is 0 Å². The molecule has 3 aromatic rings. The van der Waals surface area contributed by atoms with E-state index in [-0.39, 0.29) is 11.5 Å². The van der Waals surface area contributed by atoms with Gasteiger partial charge in [0.25, 0.3) is 11.5 Å². The SMILES string of the molecule is CCc1c(C)c2ccc(NC(=O)c3ccccn3)cc2[nH]c1=O. The summed E-state index contributed by atoms with van der Waals surface area (Å²) in [5.41, 5.74) is 3.37. The molecule has 0 aliphatic carbocycles. The zero-order chi connectivity index (χ0) is 16.4. The molecule has 2 heterocycles. The summed E-state index contributed by atoms with van der Waals surface area (Å²) in [5.74, 6) is -0.283. The Kier molecular flexibility index (Phi) is 3.93. The number of pyridine rings is 2. The van der Waals surface area contributed by atoms with Crippen molar-refractivity contribution < 1.29 is 4.79 Å². The third kappa shape index (κ3) is 2.85. The van der Waals surface area contributed by atoms with Crippen molar-refractivity contribution in [1.29, 1.82) is 0 Å².